The predicted molar refractivity (Wildman–Crippen MR) is 115 cm³/mol. The summed E-state index contributed by atoms with van der Waals surface area (Å²) in [5.41, 5.74) is 3.31. The van der Waals surface area contributed by atoms with Gasteiger partial charge < -0.3 is 19.2 Å². The van der Waals surface area contributed by atoms with Gasteiger partial charge in [-0.05, 0) is 49.2 Å². The molecule has 1 atom stereocenters. The van der Waals surface area contributed by atoms with Crippen LogP contribution in [-0.4, -0.2) is 28.8 Å². The predicted octanol–water partition coefficient (Wildman–Crippen LogP) is 4.53. The molecule has 158 valence electrons. The maximum atomic E-state index is 13.1. The van der Waals surface area contributed by atoms with E-state index < -0.39 is 17.7 Å². The molecule has 6 heteroatoms. The summed E-state index contributed by atoms with van der Waals surface area (Å²) < 4.78 is 10.9. The number of aliphatic hydroxyl groups excluding tert-OH is 1. The summed E-state index contributed by atoms with van der Waals surface area (Å²) in [4.78, 5) is 27.6. The van der Waals surface area contributed by atoms with Crippen molar-refractivity contribution >= 4 is 17.4 Å². The molecule has 2 heterocycles. The van der Waals surface area contributed by atoms with Crippen molar-refractivity contribution in [3.8, 4) is 5.75 Å². The fourth-order valence-corrected chi connectivity index (χ4v) is 3.93. The van der Waals surface area contributed by atoms with Gasteiger partial charge in [0.05, 0.1) is 24.5 Å². The zero-order valence-corrected chi connectivity index (χ0v) is 17.6. The second kappa shape index (κ2) is 8.14. The molecular weight excluding hydrogens is 394 g/mol. The fraction of sp³-hybridized carbons (Fsp3) is 0.200. The molecule has 1 aliphatic heterocycles. The first-order valence-corrected chi connectivity index (χ1v) is 9.93. The van der Waals surface area contributed by atoms with Gasteiger partial charge in [-0.1, -0.05) is 35.9 Å². The molecule has 6 nitrogen and oxygen atoms in total. The number of furan rings is 1. The van der Waals surface area contributed by atoms with E-state index >= 15 is 0 Å². The first-order chi connectivity index (χ1) is 14.9. The number of benzene rings is 2. The number of ketones is 1. The maximum absolute atomic E-state index is 13.1. The SMILES string of the molecule is COc1ccccc1/C(O)=C1/C(=O)C(=O)N(Cc2cc(C)ccc2C)C1c1ccco1. The highest BCUT2D eigenvalue weighted by atomic mass is 16.5. The zero-order chi connectivity index (χ0) is 22.1. The number of methoxy groups -OCH3 is 1. The summed E-state index contributed by atoms with van der Waals surface area (Å²) in [5, 5.41) is 11.1. The molecule has 1 aromatic heterocycles. The van der Waals surface area contributed by atoms with Crippen LogP contribution in [-0.2, 0) is 16.1 Å². The number of hydrogen-bond acceptors (Lipinski definition) is 5. The van der Waals surface area contributed by atoms with E-state index in [9.17, 15) is 14.7 Å². The van der Waals surface area contributed by atoms with Crippen molar-refractivity contribution in [2.24, 2.45) is 0 Å². The van der Waals surface area contributed by atoms with Gasteiger partial charge in [-0.2, -0.15) is 0 Å². The van der Waals surface area contributed by atoms with Crippen LogP contribution >= 0.6 is 0 Å². The normalized spacial score (nSPS) is 17.9. The monoisotopic (exact) mass is 417 g/mol. The van der Waals surface area contributed by atoms with Gasteiger partial charge in [0.2, 0.25) is 0 Å². The number of ether oxygens (including phenoxy) is 1. The van der Waals surface area contributed by atoms with Crippen LogP contribution in [0.2, 0.25) is 0 Å². The lowest BCUT2D eigenvalue weighted by atomic mass is 9.98. The molecule has 1 N–H and O–H groups in total. The number of likely N-dealkylation sites (tertiary alicyclic amines) is 1. The summed E-state index contributed by atoms with van der Waals surface area (Å²) in [6, 6.07) is 15.3. The van der Waals surface area contributed by atoms with Crippen molar-refractivity contribution in [2.45, 2.75) is 26.4 Å². The number of Topliss-reactive ketones (excluding diaryl/α,β-unsaturated/α-hetero) is 1. The lowest BCUT2D eigenvalue weighted by molar-refractivity contribution is -0.140. The number of amides is 1. The van der Waals surface area contributed by atoms with Crippen LogP contribution in [0.25, 0.3) is 5.76 Å². The van der Waals surface area contributed by atoms with Crippen molar-refractivity contribution in [2.75, 3.05) is 7.11 Å². The number of carbonyl (C=O) groups excluding carboxylic acids is 2. The van der Waals surface area contributed by atoms with E-state index in [1.54, 1.807) is 36.4 Å². The Morgan fingerprint density at radius 1 is 1.10 bits per heavy atom. The van der Waals surface area contributed by atoms with E-state index in [4.69, 9.17) is 9.15 Å². The topological polar surface area (TPSA) is 80.0 Å². The molecule has 1 aliphatic rings. The number of nitrogens with zero attached hydrogens (tertiary/aromatic N) is 1. The lowest BCUT2D eigenvalue weighted by Gasteiger charge is -2.24. The summed E-state index contributed by atoms with van der Waals surface area (Å²) in [6.45, 7) is 4.15. The lowest BCUT2D eigenvalue weighted by Crippen LogP contribution is -2.29. The average Bonchev–Trinajstić information content (AvgIpc) is 3.38. The van der Waals surface area contributed by atoms with Gasteiger partial charge in [0.1, 0.15) is 23.3 Å². The first kappa shape index (κ1) is 20.5. The van der Waals surface area contributed by atoms with Crippen molar-refractivity contribution in [1.82, 2.24) is 4.90 Å². The Hall–Kier alpha value is -3.80. The Morgan fingerprint density at radius 3 is 2.58 bits per heavy atom. The molecule has 0 spiro atoms. The van der Waals surface area contributed by atoms with E-state index in [0.717, 1.165) is 16.7 Å². The first-order valence-electron chi connectivity index (χ1n) is 9.93. The summed E-state index contributed by atoms with van der Waals surface area (Å²) in [7, 11) is 1.48. The van der Waals surface area contributed by atoms with E-state index in [1.807, 2.05) is 32.0 Å². The third-order valence-corrected chi connectivity index (χ3v) is 5.56. The number of aliphatic hydroxyl groups is 1. The summed E-state index contributed by atoms with van der Waals surface area (Å²) in [5.74, 6) is -0.922. The largest absolute Gasteiger partial charge is 0.507 e. The minimum Gasteiger partial charge on any atom is -0.507 e. The number of para-hydroxylation sites is 1. The molecule has 0 aliphatic carbocycles. The van der Waals surface area contributed by atoms with Crippen LogP contribution < -0.4 is 4.74 Å². The highest BCUT2D eigenvalue weighted by molar-refractivity contribution is 6.46. The molecule has 31 heavy (non-hydrogen) atoms. The van der Waals surface area contributed by atoms with Gasteiger partial charge >= 0.3 is 0 Å². The van der Waals surface area contributed by atoms with Crippen molar-refractivity contribution < 1.29 is 23.8 Å². The van der Waals surface area contributed by atoms with Gasteiger partial charge in [-0.3, -0.25) is 9.59 Å². The molecule has 3 aromatic rings. The molecule has 1 amide bonds. The number of aryl methyl sites for hydroxylation is 2. The molecule has 1 saturated heterocycles. The zero-order valence-electron chi connectivity index (χ0n) is 17.6. The van der Waals surface area contributed by atoms with E-state index in [-0.39, 0.29) is 17.9 Å². The second-order valence-electron chi connectivity index (χ2n) is 7.57. The second-order valence-corrected chi connectivity index (χ2v) is 7.57. The van der Waals surface area contributed by atoms with Gasteiger partial charge in [0.15, 0.2) is 0 Å². The summed E-state index contributed by atoms with van der Waals surface area (Å²) >= 11 is 0. The van der Waals surface area contributed by atoms with Gasteiger partial charge in [0, 0.05) is 6.54 Å². The van der Waals surface area contributed by atoms with Crippen LogP contribution in [0.5, 0.6) is 5.75 Å². The van der Waals surface area contributed by atoms with Crippen LogP contribution in [0.15, 0.2) is 70.9 Å². The van der Waals surface area contributed by atoms with Crippen molar-refractivity contribution in [3.05, 3.63) is 94.4 Å². The number of hydrogen-bond donors (Lipinski definition) is 1. The molecule has 0 bridgehead atoms. The van der Waals surface area contributed by atoms with Crippen LogP contribution in [0, 0.1) is 13.8 Å². The highest BCUT2D eigenvalue weighted by Gasteiger charge is 2.47. The van der Waals surface area contributed by atoms with Gasteiger partial charge in [-0.25, -0.2) is 0 Å². The van der Waals surface area contributed by atoms with Crippen LogP contribution in [0.4, 0.5) is 0 Å². The number of rotatable bonds is 5. The maximum Gasteiger partial charge on any atom is 0.296 e. The molecule has 1 unspecified atom stereocenters. The third-order valence-electron chi connectivity index (χ3n) is 5.56. The Morgan fingerprint density at radius 2 is 1.87 bits per heavy atom. The van der Waals surface area contributed by atoms with Crippen molar-refractivity contribution in [3.63, 3.8) is 0 Å². The number of carbonyl (C=O) groups is 2. The van der Waals surface area contributed by atoms with E-state index in [2.05, 4.69) is 0 Å². The standard InChI is InChI=1S/C25H23NO5/c1-15-10-11-16(2)17(13-15)14-26-22(20-9-6-12-31-20)21(24(28)25(26)29)23(27)18-7-4-5-8-19(18)30-3/h4-13,22,27H,14H2,1-3H3/b23-21-. The van der Waals surface area contributed by atoms with Crippen LogP contribution in [0.3, 0.4) is 0 Å². The highest BCUT2D eigenvalue weighted by Crippen LogP contribution is 2.41. The van der Waals surface area contributed by atoms with Crippen LogP contribution in [0.1, 0.15) is 34.1 Å². The minimum atomic E-state index is -0.847. The fourth-order valence-electron chi connectivity index (χ4n) is 3.93. The Labute approximate surface area is 180 Å². The van der Waals surface area contributed by atoms with E-state index in [0.29, 0.717) is 17.1 Å². The van der Waals surface area contributed by atoms with Crippen molar-refractivity contribution in [1.29, 1.82) is 0 Å². The Kier molecular flexibility index (Phi) is 5.38. The molecule has 1 fully saturated rings. The Bertz CT molecular complexity index is 1180. The summed E-state index contributed by atoms with van der Waals surface area (Å²) in [6.07, 6.45) is 1.48. The minimum absolute atomic E-state index is 0.0187. The average molecular weight is 417 g/mol. The molecule has 0 radical (unpaired) electrons. The van der Waals surface area contributed by atoms with Gasteiger partial charge in [0.25, 0.3) is 11.7 Å². The third kappa shape index (κ3) is 3.61. The van der Waals surface area contributed by atoms with Gasteiger partial charge in [-0.15, -0.1) is 0 Å². The quantitative estimate of drug-likeness (QED) is 0.375. The molecular formula is C25H23NO5. The molecule has 4 rings (SSSR count). The smallest absolute Gasteiger partial charge is 0.296 e. The Balaban J connectivity index is 1.87. The van der Waals surface area contributed by atoms with E-state index in [1.165, 1.54) is 18.3 Å². The molecule has 2 aromatic carbocycles. The molecule has 0 saturated carbocycles.